The standard InChI is InChI=1S/C9H5ClN2O2S/c10-5-3-1-2-4-6(5)12-8(14)7(13)11-9(12)15/h1-4H,(H,11,13,15). The highest BCUT2D eigenvalue weighted by Crippen LogP contribution is 2.26. The summed E-state index contributed by atoms with van der Waals surface area (Å²) in [5.74, 6) is -1.45. The molecule has 0 saturated carbocycles. The molecule has 0 atom stereocenters. The molecule has 1 aliphatic rings. The largest absolute Gasteiger partial charge is 0.323 e. The van der Waals surface area contributed by atoms with E-state index >= 15 is 0 Å². The maximum atomic E-state index is 11.4. The quantitative estimate of drug-likeness (QED) is 0.591. The van der Waals surface area contributed by atoms with Crippen LogP contribution in [0.5, 0.6) is 0 Å². The lowest BCUT2D eigenvalue weighted by Crippen LogP contribution is -2.30. The molecule has 2 amide bonds. The van der Waals surface area contributed by atoms with Gasteiger partial charge in [-0.15, -0.1) is 0 Å². The van der Waals surface area contributed by atoms with Crippen LogP contribution >= 0.6 is 23.8 Å². The van der Waals surface area contributed by atoms with Crippen LogP contribution in [0, 0.1) is 0 Å². The first-order chi connectivity index (χ1) is 7.11. The molecule has 1 aromatic rings. The van der Waals surface area contributed by atoms with Gasteiger partial charge in [0.25, 0.3) is 0 Å². The van der Waals surface area contributed by atoms with Crippen LogP contribution in [-0.4, -0.2) is 16.9 Å². The van der Waals surface area contributed by atoms with Crippen molar-refractivity contribution in [3.8, 4) is 0 Å². The molecule has 4 nitrogen and oxygen atoms in total. The Morgan fingerprint density at radius 3 is 2.47 bits per heavy atom. The zero-order valence-corrected chi connectivity index (χ0v) is 8.93. The van der Waals surface area contributed by atoms with E-state index < -0.39 is 11.8 Å². The Balaban J connectivity index is 2.48. The van der Waals surface area contributed by atoms with Gasteiger partial charge in [0.2, 0.25) is 0 Å². The Morgan fingerprint density at radius 1 is 1.27 bits per heavy atom. The van der Waals surface area contributed by atoms with E-state index in [0.717, 1.165) is 4.90 Å². The van der Waals surface area contributed by atoms with Gasteiger partial charge in [-0.3, -0.25) is 14.9 Å². The summed E-state index contributed by atoms with van der Waals surface area (Å²) in [6.07, 6.45) is 0. The topological polar surface area (TPSA) is 49.4 Å². The molecule has 0 spiro atoms. The molecule has 1 saturated heterocycles. The second-order valence-electron chi connectivity index (χ2n) is 2.85. The van der Waals surface area contributed by atoms with Crippen molar-refractivity contribution in [2.24, 2.45) is 0 Å². The van der Waals surface area contributed by atoms with E-state index in [-0.39, 0.29) is 5.11 Å². The SMILES string of the molecule is O=C1NC(=S)N(c2ccccc2Cl)C1=O. The number of nitrogens with one attached hydrogen (secondary N) is 1. The maximum Gasteiger partial charge on any atom is 0.323 e. The molecule has 1 aliphatic heterocycles. The molecule has 0 aromatic heterocycles. The molecular formula is C9H5ClN2O2S. The van der Waals surface area contributed by atoms with Gasteiger partial charge in [0, 0.05) is 0 Å². The van der Waals surface area contributed by atoms with Crippen LogP contribution in [0.1, 0.15) is 0 Å². The molecule has 6 heteroatoms. The van der Waals surface area contributed by atoms with Crippen molar-refractivity contribution in [3.63, 3.8) is 0 Å². The van der Waals surface area contributed by atoms with Gasteiger partial charge in [0.05, 0.1) is 10.7 Å². The molecule has 0 radical (unpaired) electrons. The van der Waals surface area contributed by atoms with Crippen LogP contribution in [0.4, 0.5) is 5.69 Å². The van der Waals surface area contributed by atoms with E-state index in [2.05, 4.69) is 5.32 Å². The summed E-state index contributed by atoms with van der Waals surface area (Å²) in [5.41, 5.74) is 0.410. The smallest absolute Gasteiger partial charge is 0.294 e. The Bertz CT molecular complexity index is 475. The van der Waals surface area contributed by atoms with E-state index in [1.165, 1.54) is 0 Å². The van der Waals surface area contributed by atoms with Crippen molar-refractivity contribution in [2.75, 3.05) is 4.90 Å². The minimum Gasteiger partial charge on any atom is -0.294 e. The van der Waals surface area contributed by atoms with Gasteiger partial charge in [-0.25, -0.2) is 4.90 Å². The number of nitrogens with zero attached hydrogens (tertiary/aromatic N) is 1. The minimum atomic E-state index is -0.736. The monoisotopic (exact) mass is 240 g/mol. The van der Waals surface area contributed by atoms with Crippen LogP contribution in [0.3, 0.4) is 0 Å². The number of hydrogen-bond acceptors (Lipinski definition) is 3. The van der Waals surface area contributed by atoms with Gasteiger partial charge in [0.1, 0.15) is 0 Å². The highest BCUT2D eigenvalue weighted by molar-refractivity contribution is 7.80. The Hall–Kier alpha value is -1.46. The summed E-state index contributed by atoms with van der Waals surface area (Å²) in [6, 6.07) is 6.67. The lowest BCUT2D eigenvalue weighted by molar-refractivity contribution is -0.134. The zero-order chi connectivity index (χ0) is 11.0. The Kier molecular flexibility index (Phi) is 2.42. The van der Waals surface area contributed by atoms with Crippen molar-refractivity contribution < 1.29 is 9.59 Å². The maximum absolute atomic E-state index is 11.4. The lowest BCUT2D eigenvalue weighted by Gasteiger charge is -2.14. The first kappa shape index (κ1) is 10.1. The number of anilines is 1. The van der Waals surface area contributed by atoms with Crippen molar-refractivity contribution in [1.29, 1.82) is 0 Å². The number of halogens is 1. The average molecular weight is 241 g/mol. The molecule has 1 fully saturated rings. The van der Waals surface area contributed by atoms with Crippen molar-refractivity contribution >= 4 is 46.4 Å². The molecular weight excluding hydrogens is 236 g/mol. The predicted octanol–water partition coefficient (Wildman–Crippen LogP) is 1.09. The number of thiocarbonyl (C=S) groups is 1. The third kappa shape index (κ3) is 1.60. The molecule has 2 rings (SSSR count). The fourth-order valence-corrected chi connectivity index (χ4v) is 1.75. The summed E-state index contributed by atoms with van der Waals surface area (Å²) in [7, 11) is 0. The lowest BCUT2D eigenvalue weighted by atomic mass is 10.3. The molecule has 1 N–H and O–H groups in total. The second-order valence-corrected chi connectivity index (χ2v) is 3.65. The summed E-state index contributed by atoms with van der Waals surface area (Å²) in [6.45, 7) is 0. The molecule has 76 valence electrons. The van der Waals surface area contributed by atoms with Gasteiger partial charge in [0.15, 0.2) is 5.11 Å². The third-order valence-corrected chi connectivity index (χ3v) is 2.52. The van der Waals surface area contributed by atoms with E-state index in [1.54, 1.807) is 24.3 Å². The first-order valence-electron chi connectivity index (χ1n) is 4.05. The molecule has 0 bridgehead atoms. The van der Waals surface area contributed by atoms with E-state index in [4.69, 9.17) is 23.8 Å². The van der Waals surface area contributed by atoms with E-state index in [1.807, 2.05) is 0 Å². The second kappa shape index (κ2) is 3.60. The first-order valence-corrected chi connectivity index (χ1v) is 4.84. The third-order valence-electron chi connectivity index (χ3n) is 1.91. The van der Waals surface area contributed by atoms with E-state index in [0.29, 0.717) is 10.7 Å². The summed E-state index contributed by atoms with van der Waals surface area (Å²) < 4.78 is 0. The molecule has 15 heavy (non-hydrogen) atoms. The van der Waals surface area contributed by atoms with Crippen molar-refractivity contribution in [1.82, 2.24) is 5.32 Å². The Labute approximate surface area is 95.8 Å². The highest BCUT2D eigenvalue weighted by atomic mass is 35.5. The summed E-state index contributed by atoms with van der Waals surface area (Å²) >= 11 is 10.7. The number of hydrogen-bond donors (Lipinski definition) is 1. The van der Waals surface area contributed by atoms with Crippen LogP contribution in [0.25, 0.3) is 0 Å². The van der Waals surface area contributed by atoms with Gasteiger partial charge < -0.3 is 0 Å². The molecule has 1 heterocycles. The van der Waals surface area contributed by atoms with Crippen molar-refractivity contribution in [2.45, 2.75) is 0 Å². The van der Waals surface area contributed by atoms with E-state index in [9.17, 15) is 9.59 Å². The number of carbonyl (C=O) groups excluding carboxylic acids is 2. The molecule has 1 aromatic carbocycles. The van der Waals surface area contributed by atoms with Gasteiger partial charge in [-0.2, -0.15) is 0 Å². The highest BCUT2D eigenvalue weighted by Gasteiger charge is 2.35. The summed E-state index contributed by atoms with van der Waals surface area (Å²) in [4.78, 5) is 23.6. The molecule has 0 unspecified atom stereocenters. The van der Waals surface area contributed by atoms with Gasteiger partial charge in [-0.1, -0.05) is 23.7 Å². The van der Waals surface area contributed by atoms with Gasteiger partial charge >= 0.3 is 11.8 Å². The Morgan fingerprint density at radius 2 is 1.93 bits per heavy atom. The van der Waals surface area contributed by atoms with Crippen LogP contribution in [-0.2, 0) is 9.59 Å². The number of benzene rings is 1. The van der Waals surface area contributed by atoms with Crippen molar-refractivity contribution in [3.05, 3.63) is 29.3 Å². The number of para-hydroxylation sites is 1. The van der Waals surface area contributed by atoms with Crippen LogP contribution in [0.15, 0.2) is 24.3 Å². The van der Waals surface area contributed by atoms with Crippen LogP contribution < -0.4 is 10.2 Å². The normalized spacial score (nSPS) is 15.8. The fraction of sp³-hybridized carbons (Fsp3) is 0. The summed E-state index contributed by atoms with van der Waals surface area (Å²) in [5, 5.41) is 2.67. The number of carbonyl (C=O) groups is 2. The van der Waals surface area contributed by atoms with Crippen LogP contribution in [0.2, 0.25) is 5.02 Å². The van der Waals surface area contributed by atoms with Gasteiger partial charge in [-0.05, 0) is 24.4 Å². The fourth-order valence-electron chi connectivity index (χ4n) is 1.25. The zero-order valence-electron chi connectivity index (χ0n) is 7.36. The number of rotatable bonds is 1. The molecule has 0 aliphatic carbocycles. The minimum absolute atomic E-state index is 0.0538. The average Bonchev–Trinajstić information content (AvgIpc) is 2.43. The number of amides is 2. The predicted molar refractivity (Wildman–Crippen MR) is 59.7 cm³/mol.